The van der Waals surface area contributed by atoms with E-state index in [0.29, 0.717) is 4.31 Å². The zero-order valence-corrected chi connectivity index (χ0v) is 17.2. The third-order valence-electron chi connectivity index (χ3n) is 3.76. The highest BCUT2D eigenvalue weighted by atomic mass is 32.2. The molecule has 0 aliphatic carbocycles. The molecular weight excluding hydrogens is 366 g/mol. The molecule has 2 atom stereocenters. The van der Waals surface area contributed by atoms with Crippen molar-refractivity contribution in [1.82, 2.24) is 4.31 Å². The summed E-state index contributed by atoms with van der Waals surface area (Å²) in [6.07, 6.45) is -0.990. The van der Waals surface area contributed by atoms with Gasteiger partial charge in [0.15, 0.2) is 5.54 Å². The average molecular weight is 395 g/mol. The van der Waals surface area contributed by atoms with Gasteiger partial charge < -0.3 is 14.2 Å². The largest absolute Gasteiger partial charge is 0.458 e. The lowest BCUT2D eigenvalue weighted by atomic mass is 9.87. The van der Waals surface area contributed by atoms with Gasteiger partial charge in [0.25, 0.3) is 0 Å². The van der Waals surface area contributed by atoms with E-state index >= 15 is 0 Å². The zero-order chi connectivity index (χ0) is 20.4. The molecule has 2 unspecified atom stereocenters. The van der Waals surface area contributed by atoms with E-state index in [0.717, 1.165) is 0 Å². The highest BCUT2D eigenvalue weighted by Crippen LogP contribution is 2.40. The summed E-state index contributed by atoms with van der Waals surface area (Å²) < 4.78 is 44.3. The van der Waals surface area contributed by atoms with E-state index in [1.54, 1.807) is 27.9 Å². The number of carbonyl (C=O) groups is 2. The van der Waals surface area contributed by atoms with Crippen molar-refractivity contribution in [3.05, 3.63) is 0 Å². The van der Waals surface area contributed by atoms with Crippen molar-refractivity contribution in [2.75, 3.05) is 20.3 Å². The van der Waals surface area contributed by atoms with Gasteiger partial charge in [0.05, 0.1) is 12.2 Å². The van der Waals surface area contributed by atoms with Crippen LogP contribution in [0, 0.1) is 0 Å². The van der Waals surface area contributed by atoms with Crippen LogP contribution < -0.4 is 0 Å². The quantitative estimate of drug-likeness (QED) is 0.504. The van der Waals surface area contributed by atoms with Crippen molar-refractivity contribution < 1.29 is 36.4 Å². The van der Waals surface area contributed by atoms with Crippen molar-refractivity contribution in [1.29, 1.82) is 0 Å². The molecule has 152 valence electrons. The van der Waals surface area contributed by atoms with Gasteiger partial charge in [-0.15, -0.1) is 0 Å². The molecule has 10 heteroatoms. The van der Waals surface area contributed by atoms with E-state index in [1.165, 1.54) is 0 Å². The first-order valence-corrected chi connectivity index (χ1v) is 9.60. The number of carbonyl (C=O) groups excluding carboxylic acids is 2. The Bertz CT molecular complexity index is 619. The Labute approximate surface area is 155 Å². The van der Waals surface area contributed by atoms with Crippen LogP contribution in [0.5, 0.6) is 0 Å². The van der Waals surface area contributed by atoms with Crippen molar-refractivity contribution in [3.63, 3.8) is 0 Å². The normalized spacial score (nSPS) is 27.8. The van der Waals surface area contributed by atoms with E-state index in [-0.39, 0.29) is 31.6 Å². The van der Waals surface area contributed by atoms with Crippen molar-refractivity contribution in [2.45, 2.75) is 70.8 Å². The maximum absolute atomic E-state index is 12.5. The summed E-state index contributed by atoms with van der Waals surface area (Å²) in [7, 11) is -2.59. The number of amides is 1. The van der Waals surface area contributed by atoms with Crippen LogP contribution in [0.2, 0.25) is 0 Å². The predicted molar refractivity (Wildman–Crippen MR) is 92.5 cm³/mol. The van der Waals surface area contributed by atoms with Crippen molar-refractivity contribution >= 4 is 22.7 Å². The number of fused-ring (bicyclic) bond motifs is 1. The van der Waals surface area contributed by atoms with Gasteiger partial charge in [-0.1, -0.05) is 0 Å². The molecule has 0 aromatic carbocycles. The molecule has 2 aliphatic rings. The summed E-state index contributed by atoms with van der Waals surface area (Å²) in [4.78, 5) is 23.6. The Balaban J connectivity index is 0.000000487. The number of hydrogen-bond acceptors (Lipinski definition) is 8. The van der Waals surface area contributed by atoms with Crippen LogP contribution in [-0.4, -0.2) is 68.3 Å². The van der Waals surface area contributed by atoms with Gasteiger partial charge in [-0.2, -0.15) is 12.7 Å². The summed E-state index contributed by atoms with van der Waals surface area (Å²) in [6.45, 7) is 11.1. The van der Waals surface area contributed by atoms with Gasteiger partial charge >= 0.3 is 16.3 Å². The first kappa shape index (κ1) is 22.8. The monoisotopic (exact) mass is 395 g/mol. The Hall–Kier alpha value is -1.23. The highest BCUT2D eigenvalue weighted by Gasteiger charge is 2.65. The second kappa shape index (κ2) is 7.79. The molecule has 2 rings (SSSR count). The first-order valence-electron chi connectivity index (χ1n) is 8.24. The molecule has 2 heterocycles. The van der Waals surface area contributed by atoms with Gasteiger partial charge in [0.1, 0.15) is 11.7 Å². The molecule has 0 bridgehead atoms. The second-order valence-electron chi connectivity index (χ2n) is 8.01. The lowest BCUT2D eigenvalue weighted by Crippen LogP contribution is -2.62. The smallest absolute Gasteiger partial charge is 0.366 e. The minimum Gasteiger partial charge on any atom is -0.458 e. The molecule has 0 aromatic heterocycles. The zero-order valence-electron chi connectivity index (χ0n) is 16.4. The van der Waals surface area contributed by atoms with Crippen LogP contribution in [0.1, 0.15) is 48.0 Å². The maximum atomic E-state index is 12.5. The van der Waals surface area contributed by atoms with Gasteiger partial charge in [-0.05, 0) is 41.5 Å². The van der Waals surface area contributed by atoms with Crippen LogP contribution in [-0.2, 0) is 38.3 Å². The summed E-state index contributed by atoms with van der Waals surface area (Å²) in [6, 6.07) is 0. The number of rotatable bonds is 2. The van der Waals surface area contributed by atoms with E-state index in [1.807, 2.05) is 20.8 Å². The lowest BCUT2D eigenvalue weighted by molar-refractivity contribution is -0.178. The highest BCUT2D eigenvalue weighted by molar-refractivity contribution is 7.85. The maximum Gasteiger partial charge on any atom is 0.366 e. The Morgan fingerprint density at radius 2 is 1.73 bits per heavy atom. The van der Waals surface area contributed by atoms with Crippen LogP contribution >= 0.6 is 0 Å². The summed E-state index contributed by atoms with van der Waals surface area (Å²) in [5, 5.41) is 0. The molecule has 0 N–H and O–H groups in total. The molecule has 2 fully saturated rings. The van der Waals surface area contributed by atoms with Gasteiger partial charge in [0, 0.05) is 20.1 Å². The molecule has 0 saturated carbocycles. The average Bonchev–Trinajstić information content (AvgIpc) is 2.71. The lowest BCUT2D eigenvalue weighted by Gasteiger charge is -2.38. The summed E-state index contributed by atoms with van der Waals surface area (Å²) in [5.74, 6) is -0.800. The van der Waals surface area contributed by atoms with Crippen molar-refractivity contribution in [3.8, 4) is 0 Å². The van der Waals surface area contributed by atoms with Gasteiger partial charge in [0.2, 0.25) is 6.41 Å². The summed E-state index contributed by atoms with van der Waals surface area (Å²) >= 11 is 0. The second-order valence-corrected chi connectivity index (χ2v) is 9.45. The molecule has 9 nitrogen and oxygen atoms in total. The fourth-order valence-corrected chi connectivity index (χ4v) is 3.69. The first-order chi connectivity index (χ1) is 11.7. The minimum atomic E-state index is -4.29. The molecule has 0 aromatic rings. The minimum absolute atomic E-state index is 0.00451. The molecule has 1 amide bonds. The molecule has 26 heavy (non-hydrogen) atoms. The molecule has 2 aliphatic heterocycles. The van der Waals surface area contributed by atoms with Gasteiger partial charge in [-0.25, -0.2) is 8.98 Å². The molecular formula is C16H29NO8S. The fraction of sp³-hybridized carbons (Fsp3) is 0.875. The van der Waals surface area contributed by atoms with Gasteiger partial charge in [-0.3, -0.25) is 4.79 Å². The number of esters is 1. The van der Waals surface area contributed by atoms with Crippen LogP contribution in [0.3, 0.4) is 0 Å². The van der Waals surface area contributed by atoms with Crippen molar-refractivity contribution in [2.24, 2.45) is 0 Å². The fourth-order valence-electron chi connectivity index (χ4n) is 2.31. The predicted octanol–water partition coefficient (Wildman–Crippen LogP) is 1.02. The Morgan fingerprint density at radius 3 is 2.15 bits per heavy atom. The third-order valence-corrected chi connectivity index (χ3v) is 5.13. The molecule has 0 radical (unpaired) electrons. The Morgan fingerprint density at radius 1 is 1.19 bits per heavy atom. The summed E-state index contributed by atoms with van der Waals surface area (Å²) in [5.41, 5.74) is -2.44. The van der Waals surface area contributed by atoms with E-state index in [4.69, 9.17) is 18.4 Å². The van der Waals surface area contributed by atoms with E-state index in [9.17, 15) is 18.0 Å². The number of ether oxygens (including phenoxy) is 3. The standard InChI is InChI=1S/C11H17NO7S.C5H12O/c1-10(2,3)18-9(14)11-4-5-17-6-8(11)19-20(15,16)12(11)7-13;1-5(2,3)6-4/h7-8H,4-6H2,1-3H3;1-4H3. The molecule has 0 spiro atoms. The number of hydrogen-bond donors (Lipinski definition) is 0. The van der Waals surface area contributed by atoms with Crippen LogP contribution in [0.4, 0.5) is 0 Å². The van der Waals surface area contributed by atoms with E-state index in [2.05, 4.69) is 0 Å². The van der Waals surface area contributed by atoms with E-state index < -0.39 is 33.5 Å². The van der Waals surface area contributed by atoms with Crippen LogP contribution in [0.15, 0.2) is 0 Å². The topological polar surface area (TPSA) is 108 Å². The third kappa shape index (κ3) is 5.15. The Kier molecular flexibility index (Phi) is 6.84. The van der Waals surface area contributed by atoms with Crippen LogP contribution in [0.25, 0.3) is 0 Å². The number of methoxy groups -OCH3 is 1. The SMILES string of the molecule is CC(C)(C)OC(=O)C12CCOCC1OS(=O)(=O)N2C=O.COC(C)(C)C. The number of nitrogens with zero attached hydrogens (tertiary/aromatic N) is 1. The molecule has 2 saturated heterocycles.